The van der Waals surface area contributed by atoms with Gasteiger partial charge in [-0.1, -0.05) is 0 Å². The van der Waals surface area contributed by atoms with Crippen LogP contribution in [0.4, 0.5) is 21.6 Å². The predicted octanol–water partition coefficient (Wildman–Crippen LogP) is 1.95. The van der Waals surface area contributed by atoms with Crippen LogP contribution in [0, 0.1) is 12.7 Å². The van der Waals surface area contributed by atoms with Gasteiger partial charge >= 0.3 is 0 Å². The van der Waals surface area contributed by atoms with Gasteiger partial charge in [-0.2, -0.15) is 0 Å². The average Bonchev–Trinajstić information content (AvgIpc) is 2.34. The van der Waals surface area contributed by atoms with Gasteiger partial charge in [-0.3, -0.25) is 4.79 Å². The lowest BCUT2D eigenvalue weighted by molar-refractivity contribution is 0.100. The Kier molecular flexibility index (Phi) is 3.33. The first-order valence-corrected chi connectivity index (χ1v) is 5.56. The van der Waals surface area contributed by atoms with Crippen molar-refractivity contribution in [1.29, 1.82) is 0 Å². The average molecular weight is 260 g/mol. The SMILES string of the molecule is Cc1cc(F)ccc1Nc1cnc(N)cc1C(N)=O. The number of hydrogen-bond donors (Lipinski definition) is 3. The quantitative estimate of drug-likeness (QED) is 0.786. The van der Waals surface area contributed by atoms with Crippen molar-refractivity contribution >= 4 is 23.1 Å². The first-order valence-electron chi connectivity index (χ1n) is 5.56. The number of aryl methyl sites for hydroxylation is 1. The molecule has 2 rings (SSSR count). The van der Waals surface area contributed by atoms with Crippen molar-refractivity contribution in [2.24, 2.45) is 5.73 Å². The molecule has 0 aliphatic rings. The Labute approximate surface area is 109 Å². The Hall–Kier alpha value is -2.63. The monoisotopic (exact) mass is 260 g/mol. The van der Waals surface area contributed by atoms with Crippen LogP contribution in [-0.2, 0) is 0 Å². The molecule has 19 heavy (non-hydrogen) atoms. The Morgan fingerprint density at radius 3 is 2.68 bits per heavy atom. The summed E-state index contributed by atoms with van der Waals surface area (Å²) in [6.45, 7) is 1.75. The second-order valence-corrected chi connectivity index (χ2v) is 4.10. The van der Waals surface area contributed by atoms with Crippen molar-refractivity contribution in [3.8, 4) is 0 Å². The fourth-order valence-corrected chi connectivity index (χ4v) is 1.69. The van der Waals surface area contributed by atoms with E-state index in [9.17, 15) is 9.18 Å². The van der Waals surface area contributed by atoms with Crippen LogP contribution >= 0.6 is 0 Å². The standard InChI is InChI=1S/C13H13FN4O/c1-7-4-8(14)2-3-10(7)18-11-6-17-12(15)5-9(11)13(16)19/h2-6,18H,1H3,(H2,15,17)(H2,16,19). The van der Waals surface area contributed by atoms with Crippen LogP contribution < -0.4 is 16.8 Å². The summed E-state index contributed by atoms with van der Waals surface area (Å²) >= 11 is 0. The summed E-state index contributed by atoms with van der Waals surface area (Å²) in [5, 5.41) is 2.99. The molecule has 5 N–H and O–H groups in total. The number of rotatable bonds is 3. The summed E-state index contributed by atoms with van der Waals surface area (Å²) in [5.74, 6) is -0.736. The topological polar surface area (TPSA) is 94.0 Å². The number of carbonyl (C=O) groups is 1. The number of halogens is 1. The molecule has 0 saturated carbocycles. The van der Waals surface area contributed by atoms with Crippen LogP contribution in [0.5, 0.6) is 0 Å². The van der Waals surface area contributed by atoms with Gasteiger partial charge in [-0.15, -0.1) is 0 Å². The third-order valence-corrected chi connectivity index (χ3v) is 2.65. The minimum Gasteiger partial charge on any atom is -0.384 e. The van der Waals surface area contributed by atoms with Crippen molar-refractivity contribution in [3.63, 3.8) is 0 Å². The highest BCUT2D eigenvalue weighted by Crippen LogP contribution is 2.24. The van der Waals surface area contributed by atoms with E-state index in [1.165, 1.54) is 24.4 Å². The van der Waals surface area contributed by atoms with E-state index in [1.807, 2.05) is 0 Å². The Morgan fingerprint density at radius 1 is 1.32 bits per heavy atom. The lowest BCUT2D eigenvalue weighted by Gasteiger charge is -2.12. The van der Waals surface area contributed by atoms with E-state index in [4.69, 9.17) is 11.5 Å². The third kappa shape index (κ3) is 2.79. The second kappa shape index (κ2) is 4.93. The van der Waals surface area contributed by atoms with Gasteiger partial charge in [0.15, 0.2) is 0 Å². The molecule has 6 heteroatoms. The van der Waals surface area contributed by atoms with Gasteiger partial charge in [-0.25, -0.2) is 9.37 Å². The van der Waals surface area contributed by atoms with Crippen LogP contribution in [0.3, 0.4) is 0 Å². The molecule has 0 fully saturated rings. The Balaban J connectivity index is 2.40. The third-order valence-electron chi connectivity index (χ3n) is 2.65. The summed E-state index contributed by atoms with van der Waals surface area (Å²) in [6, 6.07) is 5.68. The zero-order chi connectivity index (χ0) is 14.0. The van der Waals surface area contributed by atoms with Crippen LogP contribution in [-0.4, -0.2) is 10.9 Å². The van der Waals surface area contributed by atoms with Crippen molar-refractivity contribution in [3.05, 3.63) is 47.4 Å². The van der Waals surface area contributed by atoms with E-state index in [0.717, 1.165) is 0 Å². The number of carbonyl (C=O) groups excluding carboxylic acids is 1. The number of pyridine rings is 1. The van der Waals surface area contributed by atoms with Gasteiger partial charge in [0.25, 0.3) is 5.91 Å². The van der Waals surface area contributed by atoms with Gasteiger partial charge in [-0.05, 0) is 36.8 Å². The Bertz CT molecular complexity index is 643. The van der Waals surface area contributed by atoms with E-state index in [0.29, 0.717) is 16.9 Å². The van der Waals surface area contributed by atoms with Gasteiger partial charge in [0.05, 0.1) is 17.4 Å². The molecule has 0 saturated heterocycles. The Morgan fingerprint density at radius 2 is 2.05 bits per heavy atom. The van der Waals surface area contributed by atoms with Crippen molar-refractivity contribution < 1.29 is 9.18 Å². The van der Waals surface area contributed by atoms with Crippen molar-refractivity contribution in [2.45, 2.75) is 6.92 Å². The summed E-state index contributed by atoms with van der Waals surface area (Å²) in [4.78, 5) is 15.2. The maximum Gasteiger partial charge on any atom is 0.251 e. The summed E-state index contributed by atoms with van der Waals surface area (Å²) in [6.07, 6.45) is 1.41. The first kappa shape index (κ1) is 12.8. The maximum absolute atomic E-state index is 13.0. The minimum absolute atomic E-state index is 0.204. The number of aromatic nitrogens is 1. The number of anilines is 3. The zero-order valence-electron chi connectivity index (χ0n) is 10.3. The summed E-state index contributed by atoms with van der Waals surface area (Å²) in [5.41, 5.74) is 12.8. The molecule has 0 aliphatic heterocycles. The number of hydrogen-bond acceptors (Lipinski definition) is 4. The van der Waals surface area contributed by atoms with Gasteiger partial charge in [0.1, 0.15) is 11.6 Å². The highest BCUT2D eigenvalue weighted by atomic mass is 19.1. The number of nitrogens with two attached hydrogens (primary N) is 2. The molecule has 1 amide bonds. The number of benzene rings is 1. The van der Waals surface area contributed by atoms with Crippen LogP contribution in [0.2, 0.25) is 0 Å². The lowest BCUT2D eigenvalue weighted by atomic mass is 10.1. The number of amides is 1. The molecule has 2 aromatic rings. The molecular weight excluding hydrogens is 247 g/mol. The number of nitrogens with zero attached hydrogens (tertiary/aromatic N) is 1. The molecule has 98 valence electrons. The highest BCUT2D eigenvalue weighted by molar-refractivity contribution is 5.99. The summed E-state index contributed by atoms with van der Waals surface area (Å²) in [7, 11) is 0. The molecular formula is C13H13FN4O. The van der Waals surface area contributed by atoms with E-state index < -0.39 is 5.91 Å². The molecule has 1 aromatic carbocycles. The fraction of sp³-hybridized carbons (Fsp3) is 0.0769. The van der Waals surface area contributed by atoms with E-state index in [-0.39, 0.29) is 17.2 Å². The van der Waals surface area contributed by atoms with Gasteiger partial charge in [0, 0.05) is 5.69 Å². The molecule has 0 unspecified atom stereocenters. The van der Waals surface area contributed by atoms with E-state index in [1.54, 1.807) is 13.0 Å². The highest BCUT2D eigenvalue weighted by Gasteiger charge is 2.10. The van der Waals surface area contributed by atoms with E-state index in [2.05, 4.69) is 10.3 Å². The molecule has 0 spiro atoms. The van der Waals surface area contributed by atoms with Crippen molar-refractivity contribution in [2.75, 3.05) is 11.1 Å². The largest absolute Gasteiger partial charge is 0.384 e. The molecule has 0 atom stereocenters. The maximum atomic E-state index is 13.0. The van der Waals surface area contributed by atoms with Crippen molar-refractivity contribution in [1.82, 2.24) is 4.98 Å². The number of nitrogens with one attached hydrogen (secondary N) is 1. The van der Waals surface area contributed by atoms with Crippen LogP contribution in [0.25, 0.3) is 0 Å². The molecule has 0 bridgehead atoms. The molecule has 0 radical (unpaired) electrons. The smallest absolute Gasteiger partial charge is 0.251 e. The van der Waals surface area contributed by atoms with Crippen LogP contribution in [0.1, 0.15) is 15.9 Å². The normalized spacial score (nSPS) is 10.2. The van der Waals surface area contributed by atoms with Crippen LogP contribution in [0.15, 0.2) is 30.5 Å². The lowest BCUT2D eigenvalue weighted by Crippen LogP contribution is -2.14. The molecule has 1 heterocycles. The summed E-state index contributed by atoms with van der Waals surface area (Å²) < 4.78 is 13.0. The number of primary amides is 1. The van der Waals surface area contributed by atoms with Gasteiger partial charge < -0.3 is 16.8 Å². The molecule has 5 nitrogen and oxygen atoms in total. The second-order valence-electron chi connectivity index (χ2n) is 4.10. The molecule has 0 aliphatic carbocycles. The fourth-order valence-electron chi connectivity index (χ4n) is 1.69. The van der Waals surface area contributed by atoms with E-state index >= 15 is 0 Å². The number of nitrogen functional groups attached to an aromatic ring is 1. The minimum atomic E-state index is -0.614. The zero-order valence-corrected chi connectivity index (χ0v) is 10.3. The molecule has 1 aromatic heterocycles. The first-order chi connectivity index (χ1) is 8.97. The predicted molar refractivity (Wildman–Crippen MR) is 71.6 cm³/mol. The van der Waals surface area contributed by atoms with Gasteiger partial charge in [0.2, 0.25) is 0 Å².